The van der Waals surface area contributed by atoms with Gasteiger partial charge in [0.25, 0.3) is 0 Å². The zero-order valence-electron chi connectivity index (χ0n) is 63.5. The molecule has 0 bridgehead atoms. The number of hydrogen-bond acceptors (Lipinski definition) is 16. The first-order valence-corrected chi connectivity index (χ1v) is 77.6. The van der Waals surface area contributed by atoms with Gasteiger partial charge in [-0.25, -0.2) is 0 Å². The molecule has 0 heterocycles. The maximum atomic E-state index is 6.84. The lowest BCUT2D eigenvalue weighted by molar-refractivity contribution is 0.0686. The summed E-state index contributed by atoms with van der Waals surface area (Å²) in [6, 6.07) is 2.97. The molecule has 0 aromatic heterocycles. The summed E-state index contributed by atoms with van der Waals surface area (Å²) in [7, 11) is -27.3. The molecule has 618 valence electrons. The maximum Gasteiger partial charge on any atom is 0.317 e. The van der Waals surface area contributed by atoms with Crippen LogP contribution in [-0.4, -0.2) is 181 Å². The van der Waals surface area contributed by atoms with E-state index in [1.807, 2.05) is 0 Å². The average Bonchev–Trinajstić information content (AvgIpc) is 3.18. The lowest BCUT2D eigenvalue weighted by Gasteiger charge is -2.43. The van der Waals surface area contributed by atoms with Gasteiger partial charge in [0.2, 0.25) is 0 Å². The summed E-state index contributed by atoms with van der Waals surface area (Å²) in [6.07, 6.45) is 11.4. The SMILES string of the molecule is C.C.C.C.C.C.C.C.C.C.C.C.CCCC[Si](C)(O[Si](C)(C)O[Si](C)(C)C)O[Si](C)(C)O[Si](C)(C)C.COCCOCCCCCCC[Si](C)(O[Si](C)(C)O[Si](C)(C)C)O[Si](C)(C)O[Si](C)(C)C.COCCOCCCCC[Si](C)(O[Si](C)(C)O[Si](C)(C)C)O[Si](C)(C)O[Si](C)(C)C. The maximum absolute atomic E-state index is 6.84. The van der Waals surface area contributed by atoms with Gasteiger partial charge in [0, 0.05) is 27.4 Å². The third-order valence-corrected chi connectivity index (χ3v) is 63.7. The molecule has 0 aromatic carbocycles. The molecule has 0 unspecified atom stereocenters. The second-order valence-electron chi connectivity index (χ2n) is 32.3. The fourth-order valence-electron chi connectivity index (χ4n) is 11.0. The van der Waals surface area contributed by atoms with Crippen LogP contribution in [0.3, 0.4) is 0 Å². The van der Waals surface area contributed by atoms with Crippen molar-refractivity contribution in [3.05, 3.63) is 0 Å². The fraction of sp³-hybridized carbons (Fsp3) is 1.00. The minimum atomic E-state index is -2.44. The highest BCUT2D eigenvalue weighted by Gasteiger charge is 2.50. The van der Waals surface area contributed by atoms with Crippen LogP contribution in [0.25, 0.3) is 0 Å². The van der Waals surface area contributed by atoms with Gasteiger partial charge < -0.3 is 68.3 Å². The zero-order valence-corrected chi connectivity index (χ0v) is 78.5. The van der Waals surface area contributed by atoms with E-state index < -0.39 is 127 Å². The van der Waals surface area contributed by atoms with E-state index in [2.05, 4.69) is 223 Å². The summed E-state index contributed by atoms with van der Waals surface area (Å²) in [4.78, 5) is 0. The third-order valence-electron chi connectivity index (χ3n) is 11.3. The van der Waals surface area contributed by atoms with E-state index in [-0.39, 0.29) is 89.1 Å². The quantitative estimate of drug-likeness (QED) is 0.0420. The van der Waals surface area contributed by atoms with Crippen LogP contribution in [0, 0.1) is 0 Å². The van der Waals surface area contributed by atoms with Crippen LogP contribution in [0.15, 0.2) is 0 Å². The molecule has 0 aromatic rings. The Labute approximate surface area is 638 Å². The van der Waals surface area contributed by atoms with Crippen molar-refractivity contribution in [2.45, 2.75) is 394 Å². The van der Waals surface area contributed by atoms with Gasteiger partial charge in [-0.1, -0.05) is 147 Å². The normalized spacial score (nSPS) is 12.7. The summed E-state index contributed by atoms with van der Waals surface area (Å²) >= 11 is 0. The molecule has 0 N–H and O–H groups in total. The Morgan fingerprint density at radius 2 is 0.347 bits per heavy atom. The van der Waals surface area contributed by atoms with Crippen LogP contribution in [0.4, 0.5) is 0 Å². The van der Waals surface area contributed by atoms with Crippen molar-refractivity contribution in [1.29, 1.82) is 0 Å². The van der Waals surface area contributed by atoms with Crippen LogP contribution < -0.4 is 0 Å². The fourth-order valence-corrected chi connectivity index (χ4v) is 81.5. The van der Waals surface area contributed by atoms with Gasteiger partial charge in [0.05, 0.1) is 26.4 Å². The van der Waals surface area contributed by atoms with Gasteiger partial charge in [0.1, 0.15) is 0 Å². The second-order valence-corrected chi connectivity index (χ2v) is 92.6. The Bertz CT molecular complexity index is 1680. The van der Waals surface area contributed by atoms with E-state index >= 15 is 0 Å². The molecule has 0 radical (unpaired) electrons. The van der Waals surface area contributed by atoms with Crippen molar-refractivity contribution in [2.75, 3.05) is 53.9 Å². The number of hydrogen-bond donors (Lipinski definition) is 0. The standard InChI is InChI=1S/C21H54O6Si5.C19H50O6Si5.C15H42O4Si5.12CH4/c1-22-19-20-23-18-16-14-13-15-17-21-32(12,26-30(8,9)24-28(2,3)4)27-31(10,11)25-29(5,6)7;1-20-17-18-21-16-14-13-15-19-30(12,24-28(8,9)22-26(2,3)4)25-29(10,11)23-27(5,6)7;1-13-14-15-24(12,18-22(8,9)16-20(2,3)4)19-23(10,11)17-21(5,6)7;;;;;;;;;;;;/h13-21H2,1-12H3;13-19H2,1-12H3;13-15H2,1-12H3;12*1H4. The smallest absolute Gasteiger partial charge is 0.317 e. The molecule has 0 rings (SSSR count). The minimum absolute atomic E-state index is 0. The first-order valence-electron chi connectivity index (χ1n) is 32.7. The summed E-state index contributed by atoms with van der Waals surface area (Å²) < 4.78 is 101. The summed E-state index contributed by atoms with van der Waals surface area (Å²) in [5, 5.41) is 0. The van der Waals surface area contributed by atoms with Crippen molar-refractivity contribution >= 4 is 127 Å². The third kappa shape index (κ3) is 87.5. The predicted octanol–water partition coefficient (Wildman–Crippen LogP) is 26.5. The van der Waals surface area contributed by atoms with E-state index in [0.717, 1.165) is 76.3 Å². The molecule has 0 fully saturated rings. The number of methoxy groups -OCH3 is 2. The largest absolute Gasteiger partial charge is 0.437 e. The van der Waals surface area contributed by atoms with Crippen LogP contribution in [0.2, 0.25) is 234 Å². The molecule has 98 heavy (non-hydrogen) atoms. The predicted molar refractivity (Wildman–Crippen MR) is 485 cm³/mol. The van der Waals surface area contributed by atoms with Crippen molar-refractivity contribution in [3.8, 4) is 0 Å². The molecule has 0 spiro atoms. The van der Waals surface area contributed by atoms with Gasteiger partial charge in [-0.05, 0) is 247 Å². The highest BCUT2D eigenvalue weighted by atomic mass is 28.5. The Morgan fingerprint density at radius 1 is 0.184 bits per heavy atom. The highest BCUT2D eigenvalue weighted by molar-refractivity contribution is 6.93. The van der Waals surface area contributed by atoms with Crippen LogP contribution in [-0.2, 0) is 68.3 Å². The molecule has 31 heteroatoms. The highest BCUT2D eigenvalue weighted by Crippen LogP contribution is 2.34. The summed E-state index contributed by atoms with van der Waals surface area (Å²) in [6.45, 7) is 79.3. The van der Waals surface area contributed by atoms with Crippen LogP contribution >= 0.6 is 0 Å². The average molecular weight is 1680 g/mol. The molecule has 0 aliphatic heterocycles. The Morgan fingerprint density at radius 3 is 0.520 bits per heavy atom. The molecule has 0 aliphatic rings. The minimum Gasteiger partial charge on any atom is -0.437 e. The van der Waals surface area contributed by atoms with Gasteiger partial charge in [-0.2, -0.15) is 0 Å². The van der Waals surface area contributed by atoms with E-state index in [0.29, 0.717) is 26.4 Å². The molecule has 0 saturated heterocycles. The van der Waals surface area contributed by atoms with Gasteiger partial charge in [0.15, 0.2) is 49.9 Å². The van der Waals surface area contributed by atoms with Gasteiger partial charge >= 0.3 is 77.0 Å². The zero-order chi connectivity index (χ0) is 68.2. The topological polar surface area (TPSA) is 148 Å². The lowest BCUT2D eigenvalue weighted by atomic mass is 10.2. The first-order chi connectivity index (χ1) is 38.2. The second kappa shape index (κ2) is 59.5. The van der Waals surface area contributed by atoms with Crippen LogP contribution in [0.5, 0.6) is 0 Å². The monoisotopic (exact) mass is 1680 g/mol. The first kappa shape index (κ1) is 136. The Kier molecular flexibility index (Phi) is 82.7. The van der Waals surface area contributed by atoms with Crippen LogP contribution in [0.1, 0.15) is 160 Å². The van der Waals surface area contributed by atoms with E-state index in [9.17, 15) is 0 Å². The van der Waals surface area contributed by atoms with Crippen molar-refractivity contribution in [2.24, 2.45) is 0 Å². The lowest BCUT2D eigenvalue weighted by Crippen LogP contribution is -2.59. The molecular weight excluding hydrogens is 1480 g/mol. The van der Waals surface area contributed by atoms with Gasteiger partial charge in [-0.3, -0.25) is 0 Å². The van der Waals surface area contributed by atoms with E-state index in [4.69, 9.17) is 68.3 Å². The molecular formula is C67H194O16Si15. The molecule has 16 nitrogen and oxygen atoms in total. The Hall–Kier alpha value is 2.61. The van der Waals surface area contributed by atoms with E-state index in [1.165, 1.54) is 19.3 Å². The van der Waals surface area contributed by atoms with Gasteiger partial charge in [-0.15, -0.1) is 0 Å². The molecule has 0 amide bonds. The van der Waals surface area contributed by atoms with Crippen molar-refractivity contribution < 1.29 is 68.3 Å². The number of unbranched alkanes of at least 4 members (excludes halogenated alkanes) is 7. The molecule has 0 aliphatic carbocycles. The number of ether oxygens (including phenoxy) is 4. The molecule has 0 saturated carbocycles. The summed E-state index contributed by atoms with van der Waals surface area (Å²) in [5.41, 5.74) is 0. The van der Waals surface area contributed by atoms with Crippen molar-refractivity contribution in [1.82, 2.24) is 0 Å². The molecule has 0 atom stereocenters. The Balaban J connectivity index is -0.0000000771. The van der Waals surface area contributed by atoms with Crippen molar-refractivity contribution in [3.63, 3.8) is 0 Å². The summed E-state index contributed by atoms with van der Waals surface area (Å²) in [5.74, 6) is 0. The number of rotatable bonds is 47. The van der Waals surface area contributed by atoms with E-state index in [1.54, 1.807) is 14.2 Å².